The lowest BCUT2D eigenvalue weighted by Gasteiger charge is -2.30. The van der Waals surface area contributed by atoms with Crippen LogP contribution < -0.4 is 5.73 Å². The minimum absolute atomic E-state index is 0.0326. The minimum atomic E-state index is -0.432. The zero-order chi connectivity index (χ0) is 19.5. The second kappa shape index (κ2) is 8.41. The number of carbonyl (C=O) groups excluding carboxylic acids is 1. The van der Waals surface area contributed by atoms with Gasteiger partial charge in [-0.3, -0.25) is 4.79 Å². The molecule has 0 bridgehead atoms. The van der Waals surface area contributed by atoms with Crippen LogP contribution in [0.3, 0.4) is 0 Å². The summed E-state index contributed by atoms with van der Waals surface area (Å²) >= 11 is 0. The lowest BCUT2D eigenvalue weighted by Crippen LogP contribution is -2.44. The van der Waals surface area contributed by atoms with Gasteiger partial charge in [0.1, 0.15) is 12.4 Å². The maximum atomic E-state index is 12.8. The van der Waals surface area contributed by atoms with Crippen molar-refractivity contribution in [2.75, 3.05) is 13.1 Å². The van der Waals surface area contributed by atoms with Crippen LogP contribution in [0.5, 0.6) is 0 Å². The molecule has 1 saturated carbocycles. The normalized spacial score (nSPS) is 20.9. The minimum Gasteiger partial charge on any atom is -0.391 e. The molecule has 3 N–H and O–H groups in total. The number of likely N-dealkylation sites (tertiary alicyclic amines) is 1. The van der Waals surface area contributed by atoms with Crippen LogP contribution in [-0.2, 0) is 24.2 Å². The van der Waals surface area contributed by atoms with Gasteiger partial charge in [-0.2, -0.15) is 5.10 Å². The third-order valence-electron chi connectivity index (χ3n) is 5.58. The summed E-state index contributed by atoms with van der Waals surface area (Å²) < 4.78 is 1.69. The highest BCUT2D eigenvalue weighted by Gasteiger charge is 2.27. The first-order valence-corrected chi connectivity index (χ1v) is 10.3. The molecule has 2 aliphatic rings. The van der Waals surface area contributed by atoms with E-state index in [1.165, 1.54) is 12.8 Å². The summed E-state index contributed by atoms with van der Waals surface area (Å²) in [6.07, 6.45) is 5.12. The largest absolute Gasteiger partial charge is 0.391 e. The van der Waals surface area contributed by atoms with Gasteiger partial charge in [-0.1, -0.05) is 30.3 Å². The SMILES string of the molecule is N[C@H](Cc1ccccc1)c1nc(CC2CC2)nn1CC(=O)N1CCC[C@H](O)C1. The Labute approximate surface area is 165 Å². The maximum Gasteiger partial charge on any atom is 0.244 e. The van der Waals surface area contributed by atoms with Crippen LogP contribution in [0.4, 0.5) is 0 Å². The molecule has 0 spiro atoms. The van der Waals surface area contributed by atoms with Gasteiger partial charge in [0.05, 0.1) is 12.1 Å². The van der Waals surface area contributed by atoms with E-state index in [0.717, 1.165) is 30.7 Å². The van der Waals surface area contributed by atoms with E-state index in [1.807, 2.05) is 30.3 Å². The summed E-state index contributed by atoms with van der Waals surface area (Å²) in [5.74, 6) is 2.09. The average Bonchev–Trinajstić information content (AvgIpc) is 3.41. The number of hydrogen-bond acceptors (Lipinski definition) is 5. The van der Waals surface area contributed by atoms with Crippen LogP contribution in [0, 0.1) is 5.92 Å². The summed E-state index contributed by atoms with van der Waals surface area (Å²) in [5.41, 5.74) is 7.61. The number of amides is 1. The number of carbonyl (C=O) groups is 1. The molecule has 4 rings (SSSR count). The van der Waals surface area contributed by atoms with Crippen LogP contribution in [0.1, 0.15) is 48.9 Å². The summed E-state index contributed by atoms with van der Waals surface area (Å²) in [5, 5.41) is 14.5. The third kappa shape index (κ3) is 4.77. The number of nitrogens with zero attached hydrogens (tertiary/aromatic N) is 4. The van der Waals surface area contributed by atoms with E-state index >= 15 is 0 Å². The number of rotatable bonds is 7. The Hall–Kier alpha value is -2.25. The number of benzene rings is 1. The van der Waals surface area contributed by atoms with Crippen LogP contribution in [-0.4, -0.2) is 49.9 Å². The molecule has 2 fully saturated rings. The van der Waals surface area contributed by atoms with E-state index in [0.29, 0.717) is 31.3 Å². The standard InChI is InChI=1S/C21H29N5O2/c22-18(11-15-5-2-1-3-6-15)21-23-19(12-16-8-9-16)24-26(21)14-20(28)25-10-4-7-17(27)13-25/h1-3,5-6,16-18,27H,4,7-14,22H2/t17-,18+/m0/s1. The second-order valence-corrected chi connectivity index (χ2v) is 8.12. The lowest BCUT2D eigenvalue weighted by molar-refractivity contribution is -0.135. The molecule has 7 heteroatoms. The monoisotopic (exact) mass is 383 g/mol. The van der Waals surface area contributed by atoms with Gasteiger partial charge in [0.25, 0.3) is 0 Å². The van der Waals surface area contributed by atoms with Crippen LogP contribution in [0.25, 0.3) is 0 Å². The van der Waals surface area contributed by atoms with Gasteiger partial charge in [-0.05, 0) is 43.6 Å². The van der Waals surface area contributed by atoms with Gasteiger partial charge in [0.15, 0.2) is 5.82 Å². The Morgan fingerprint density at radius 3 is 2.75 bits per heavy atom. The van der Waals surface area contributed by atoms with Crippen molar-refractivity contribution >= 4 is 5.91 Å². The molecule has 1 aliphatic carbocycles. The molecule has 2 atom stereocenters. The average molecular weight is 383 g/mol. The first-order chi connectivity index (χ1) is 13.6. The summed E-state index contributed by atoms with van der Waals surface area (Å²) in [6, 6.07) is 9.75. The summed E-state index contributed by atoms with van der Waals surface area (Å²) in [4.78, 5) is 19.2. The zero-order valence-electron chi connectivity index (χ0n) is 16.2. The molecular weight excluding hydrogens is 354 g/mol. The highest BCUT2D eigenvalue weighted by atomic mass is 16.3. The molecule has 2 aromatic rings. The Kier molecular flexibility index (Phi) is 5.73. The van der Waals surface area contributed by atoms with E-state index in [2.05, 4.69) is 5.10 Å². The number of β-amino-alcohol motifs (C(OH)–C–C–N with tert-alkyl or cyclic N) is 1. The van der Waals surface area contributed by atoms with Gasteiger partial charge in [-0.25, -0.2) is 9.67 Å². The van der Waals surface area contributed by atoms with E-state index in [-0.39, 0.29) is 18.5 Å². The molecule has 1 aliphatic heterocycles. The van der Waals surface area contributed by atoms with Crippen LogP contribution in [0.2, 0.25) is 0 Å². The van der Waals surface area contributed by atoms with Gasteiger partial charge in [0, 0.05) is 19.5 Å². The highest BCUT2D eigenvalue weighted by molar-refractivity contribution is 5.76. The Morgan fingerprint density at radius 2 is 2.04 bits per heavy atom. The van der Waals surface area contributed by atoms with Crippen molar-refractivity contribution in [3.8, 4) is 0 Å². The number of aliphatic hydroxyl groups excluding tert-OH is 1. The van der Waals surface area contributed by atoms with Crippen molar-refractivity contribution in [2.24, 2.45) is 11.7 Å². The molecule has 0 radical (unpaired) electrons. The number of aromatic nitrogens is 3. The maximum absolute atomic E-state index is 12.8. The molecule has 150 valence electrons. The molecule has 1 saturated heterocycles. The Morgan fingerprint density at radius 1 is 1.25 bits per heavy atom. The fraction of sp³-hybridized carbons (Fsp3) is 0.571. The second-order valence-electron chi connectivity index (χ2n) is 8.12. The van der Waals surface area contributed by atoms with Crippen molar-refractivity contribution in [3.63, 3.8) is 0 Å². The predicted molar refractivity (Wildman–Crippen MR) is 105 cm³/mol. The Balaban J connectivity index is 1.50. The van der Waals surface area contributed by atoms with Crippen LogP contribution in [0.15, 0.2) is 30.3 Å². The van der Waals surface area contributed by atoms with Gasteiger partial charge in [0.2, 0.25) is 5.91 Å². The van der Waals surface area contributed by atoms with E-state index in [9.17, 15) is 9.90 Å². The van der Waals surface area contributed by atoms with Crippen molar-refractivity contribution in [1.82, 2.24) is 19.7 Å². The molecule has 1 aromatic heterocycles. The van der Waals surface area contributed by atoms with Crippen molar-refractivity contribution in [3.05, 3.63) is 47.5 Å². The molecule has 7 nitrogen and oxygen atoms in total. The summed E-state index contributed by atoms with van der Waals surface area (Å²) in [7, 11) is 0. The highest BCUT2D eigenvalue weighted by Crippen LogP contribution is 2.32. The van der Waals surface area contributed by atoms with Gasteiger partial charge < -0.3 is 15.7 Å². The van der Waals surface area contributed by atoms with E-state index < -0.39 is 6.10 Å². The van der Waals surface area contributed by atoms with Crippen molar-refractivity contribution in [2.45, 2.75) is 57.2 Å². The summed E-state index contributed by atoms with van der Waals surface area (Å²) in [6.45, 7) is 1.21. The molecular formula is C21H29N5O2. The van der Waals surface area contributed by atoms with E-state index in [4.69, 9.17) is 10.7 Å². The van der Waals surface area contributed by atoms with Gasteiger partial charge >= 0.3 is 0 Å². The molecule has 28 heavy (non-hydrogen) atoms. The van der Waals surface area contributed by atoms with Crippen LogP contribution >= 0.6 is 0 Å². The fourth-order valence-electron chi connectivity index (χ4n) is 3.83. The molecule has 1 aromatic carbocycles. The topological polar surface area (TPSA) is 97.3 Å². The van der Waals surface area contributed by atoms with Crippen molar-refractivity contribution < 1.29 is 9.90 Å². The number of aliphatic hydroxyl groups is 1. The first kappa shape index (κ1) is 19.1. The molecule has 0 unspecified atom stereocenters. The predicted octanol–water partition coefficient (Wildman–Crippen LogP) is 1.46. The smallest absolute Gasteiger partial charge is 0.244 e. The van der Waals surface area contributed by atoms with Crippen molar-refractivity contribution in [1.29, 1.82) is 0 Å². The van der Waals surface area contributed by atoms with E-state index in [1.54, 1.807) is 9.58 Å². The quantitative estimate of drug-likeness (QED) is 0.754. The lowest BCUT2D eigenvalue weighted by atomic mass is 10.1. The first-order valence-electron chi connectivity index (χ1n) is 10.3. The third-order valence-corrected chi connectivity index (χ3v) is 5.58. The number of hydrogen-bond donors (Lipinski definition) is 2. The Bertz CT molecular complexity index is 802. The molecule has 1 amide bonds. The number of piperidine rings is 1. The molecule has 2 heterocycles. The zero-order valence-corrected chi connectivity index (χ0v) is 16.2. The van der Waals surface area contributed by atoms with Gasteiger partial charge in [-0.15, -0.1) is 0 Å². The number of nitrogens with two attached hydrogens (primary N) is 1. The fourth-order valence-corrected chi connectivity index (χ4v) is 3.83.